The third-order valence-electron chi connectivity index (χ3n) is 3.27. The standard InChI is InChI=1S/C14H21NO/c1-14(2,16)10-15(3)13-9-8-11-6-4-5-7-12(11)13/h4-7,13,16H,8-10H2,1-3H3. The number of hydrogen-bond acceptors (Lipinski definition) is 2. The summed E-state index contributed by atoms with van der Waals surface area (Å²) in [5.74, 6) is 0. The molecule has 0 fully saturated rings. The maximum Gasteiger partial charge on any atom is 0.0718 e. The molecule has 0 amide bonds. The van der Waals surface area contributed by atoms with Crippen molar-refractivity contribution in [2.24, 2.45) is 0 Å². The highest BCUT2D eigenvalue weighted by atomic mass is 16.3. The Balaban J connectivity index is 2.13. The van der Waals surface area contributed by atoms with Crippen molar-refractivity contribution in [3.8, 4) is 0 Å². The molecule has 0 aromatic heterocycles. The van der Waals surface area contributed by atoms with Crippen LogP contribution in [-0.2, 0) is 6.42 Å². The molecule has 1 atom stereocenters. The Labute approximate surface area is 97.9 Å². The molecule has 0 bridgehead atoms. The minimum absolute atomic E-state index is 0.475. The average molecular weight is 219 g/mol. The highest BCUT2D eigenvalue weighted by Gasteiger charge is 2.28. The number of likely N-dealkylation sites (N-methyl/N-ethyl adjacent to an activating group) is 1. The zero-order valence-corrected chi connectivity index (χ0v) is 10.4. The number of fused-ring (bicyclic) bond motifs is 1. The van der Waals surface area contributed by atoms with Gasteiger partial charge in [-0.2, -0.15) is 0 Å². The van der Waals surface area contributed by atoms with Gasteiger partial charge in [-0.05, 0) is 44.9 Å². The quantitative estimate of drug-likeness (QED) is 0.843. The molecule has 1 aliphatic carbocycles. The van der Waals surface area contributed by atoms with Gasteiger partial charge >= 0.3 is 0 Å². The van der Waals surface area contributed by atoms with Crippen molar-refractivity contribution in [1.82, 2.24) is 4.90 Å². The van der Waals surface area contributed by atoms with E-state index in [1.165, 1.54) is 17.5 Å². The van der Waals surface area contributed by atoms with Gasteiger partial charge < -0.3 is 5.11 Å². The van der Waals surface area contributed by atoms with Gasteiger partial charge in [-0.15, -0.1) is 0 Å². The van der Waals surface area contributed by atoms with Crippen LogP contribution < -0.4 is 0 Å². The molecule has 0 heterocycles. The number of aliphatic hydroxyl groups is 1. The molecule has 0 radical (unpaired) electrons. The number of hydrogen-bond donors (Lipinski definition) is 1. The lowest BCUT2D eigenvalue weighted by Crippen LogP contribution is -2.37. The lowest BCUT2D eigenvalue weighted by molar-refractivity contribution is 0.0311. The molecule has 0 saturated heterocycles. The van der Waals surface area contributed by atoms with E-state index < -0.39 is 5.60 Å². The summed E-state index contributed by atoms with van der Waals surface area (Å²) in [6.45, 7) is 4.45. The summed E-state index contributed by atoms with van der Waals surface area (Å²) in [6, 6.07) is 9.12. The molecule has 1 N–H and O–H groups in total. The van der Waals surface area contributed by atoms with Crippen LogP contribution in [-0.4, -0.2) is 29.2 Å². The van der Waals surface area contributed by atoms with E-state index in [4.69, 9.17) is 0 Å². The molecule has 0 saturated carbocycles. The summed E-state index contributed by atoms with van der Waals surface area (Å²) in [6.07, 6.45) is 2.34. The predicted molar refractivity (Wildman–Crippen MR) is 66.4 cm³/mol. The van der Waals surface area contributed by atoms with Gasteiger partial charge in [0, 0.05) is 12.6 Å². The lowest BCUT2D eigenvalue weighted by atomic mass is 10.0. The maximum atomic E-state index is 9.85. The Morgan fingerprint density at radius 2 is 2.06 bits per heavy atom. The number of rotatable bonds is 3. The Hall–Kier alpha value is -0.860. The van der Waals surface area contributed by atoms with Crippen LogP contribution in [0.25, 0.3) is 0 Å². The molecule has 2 heteroatoms. The SMILES string of the molecule is CN(CC(C)(C)O)C1CCc2ccccc21. The molecule has 2 rings (SSSR count). The van der Waals surface area contributed by atoms with E-state index in [1.54, 1.807) is 0 Å². The molecule has 0 aliphatic heterocycles. The van der Waals surface area contributed by atoms with Crippen LogP contribution in [0.2, 0.25) is 0 Å². The van der Waals surface area contributed by atoms with Crippen LogP contribution >= 0.6 is 0 Å². The van der Waals surface area contributed by atoms with E-state index in [1.807, 2.05) is 13.8 Å². The van der Waals surface area contributed by atoms with Crippen LogP contribution in [0.5, 0.6) is 0 Å². The fourth-order valence-corrected chi connectivity index (χ4v) is 2.71. The molecule has 2 nitrogen and oxygen atoms in total. The van der Waals surface area contributed by atoms with Gasteiger partial charge in [-0.3, -0.25) is 4.90 Å². The summed E-state index contributed by atoms with van der Waals surface area (Å²) in [7, 11) is 2.10. The van der Waals surface area contributed by atoms with Crippen LogP contribution in [0.1, 0.15) is 37.4 Å². The molecular formula is C14H21NO. The van der Waals surface area contributed by atoms with Gasteiger partial charge in [-0.1, -0.05) is 24.3 Å². The van der Waals surface area contributed by atoms with Crippen LogP contribution in [0, 0.1) is 0 Å². The zero-order valence-electron chi connectivity index (χ0n) is 10.4. The second-order valence-corrected chi connectivity index (χ2v) is 5.48. The summed E-state index contributed by atoms with van der Waals surface area (Å²) >= 11 is 0. The van der Waals surface area contributed by atoms with Crippen molar-refractivity contribution in [3.05, 3.63) is 35.4 Å². The van der Waals surface area contributed by atoms with E-state index in [0.29, 0.717) is 12.6 Å². The predicted octanol–water partition coefficient (Wildman–Crippen LogP) is 2.38. The highest BCUT2D eigenvalue weighted by Crippen LogP contribution is 2.35. The average Bonchev–Trinajstić information content (AvgIpc) is 2.58. The lowest BCUT2D eigenvalue weighted by Gasteiger charge is -2.30. The van der Waals surface area contributed by atoms with E-state index >= 15 is 0 Å². The minimum atomic E-state index is -0.619. The topological polar surface area (TPSA) is 23.5 Å². The van der Waals surface area contributed by atoms with Crippen LogP contribution in [0.15, 0.2) is 24.3 Å². The highest BCUT2D eigenvalue weighted by molar-refractivity contribution is 5.34. The first-order valence-corrected chi connectivity index (χ1v) is 5.98. The first kappa shape index (κ1) is 11.6. The number of nitrogens with zero attached hydrogens (tertiary/aromatic N) is 1. The van der Waals surface area contributed by atoms with Crippen molar-refractivity contribution in [2.45, 2.75) is 38.3 Å². The monoisotopic (exact) mass is 219 g/mol. The smallest absolute Gasteiger partial charge is 0.0718 e. The fourth-order valence-electron chi connectivity index (χ4n) is 2.71. The van der Waals surface area contributed by atoms with Crippen molar-refractivity contribution >= 4 is 0 Å². The number of aryl methyl sites for hydroxylation is 1. The van der Waals surface area contributed by atoms with Crippen molar-refractivity contribution < 1.29 is 5.11 Å². The Bertz CT molecular complexity index is 367. The largest absolute Gasteiger partial charge is 0.389 e. The van der Waals surface area contributed by atoms with Gasteiger partial charge in [0.15, 0.2) is 0 Å². The summed E-state index contributed by atoms with van der Waals surface area (Å²) in [5.41, 5.74) is 2.29. The van der Waals surface area contributed by atoms with Crippen molar-refractivity contribution in [1.29, 1.82) is 0 Å². The second kappa shape index (κ2) is 4.19. The summed E-state index contributed by atoms with van der Waals surface area (Å²) in [5, 5.41) is 9.85. The first-order valence-electron chi connectivity index (χ1n) is 5.98. The third kappa shape index (κ3) is 2.45. The van der Waals surface area contributed by atoms with Gasteiger partial charge in [0.05, 0.1) is 5.60 Å². The van der Waals surface area contributed by atoms with E-state index in [-0.39, 0.29) is 0 Å². The summed E-state index contributed by atoms with van der Waals surface area (Å²) in [4.78, 5) is 2.27. The molecule has 88 valence electrons. The van der Waals surface area contributed by atoms with Gasteiger partial charge in [0.25, 0.3) is 0 Å². The fraction of sp³-hybridized carbons (Fsp3) is 0.571. The molecule has 0 spiro atoms. The Kier molecular flexibility index (Phi) is 3.04. The number of benzene rings is 1. The van der Waals surface area contributed by atoms with Gasteiger partial charge in [0.2, 0.25) is 0 Å². The zero-order chi connectivity index (χ0) is 11.8. The van der Waals surface area contributed by atoms with E-state index in [0.717, 1.165) is 6.42 Å². The second-order valence-electron chi connectivity index (χ2n) is 5.48. The molecule has 16 heavy (non-hydrogen) atoms. The molecule has 1 unspecified atom stereocenters. The van der Waals surface area contributed by atoms with E-state index in [2.05, 4.69) is 36.2 Å². The maximum absolute atomic E-state index is 9.85. The van der Waals surface area contributed by atoms with Crippen molar-refractivity contribution in [3.63, 3.8) is 0 Å². The molecular weight excluding hydrogens is 198 g/mol. The molecule has 1 aromatic rings. The van der Waals surface area contributed by atoms with Crippen molar-refractivity contribution in [2.75, 3.05) is 13.6 Å². The normalized spacial score (nSPS) is 20.2. The Morgan fingerprint density at radius 1 is 1.38 bits per heavy atom. The van der Waals surface area contributed by atoms with Gasteiger partial charge in [0.1, 0.15) is 0 Å². The molecule has 1 aromatic carbocycles. The van der Waals surface area contributed by atoms with Crippen LogP contribution in [0.3, 0.4) is 0 Å². The molecule has 1 aliphatic rings. The van der Waals surface area contributed by atoms with E-state index in [9.17, 15) is 5.11 Å². The first-order chi connectivity index (χ1) is 7.47. The minimum Gasteiger partial charge on any atom is -0.389 e. The third-order valence-corrected chi connectivity index (χ3v) is 3.27. The van der Waals surface area contributed by atoms with Crippen LogP contribution in [0.4, 0.5) is 0 Å². The Morgan fingerprint density at radius 3 is 2.75 bits per heavy atom. The summed E-state index contributed by atoms with van der Waals surface area (Å²) < 4.78 is 0. The van der Waals surface area contributed by atoms with Gasteiger partial charge in [-0.25, -0.2) is 0 Å².